The molecule has 0 radical (unpaired) electrons. The second kappa shape index (κ2) is 10.1. The van der Waals surface area contributed by atoms with Crippen LogP contribution in [0.4, 0.5) is 4.79 Å². The molecule has 31 heavy (non-hydrogen) atoms. The van der Waals surface area contributed by atoms with Gasteiger partial charge >= 0.3 is 12.0 Å². The lowest BCUT2D eigenvalue weighted by atomic mass is 10.0. The molecule has 158 valence electrons. The van der Waals surface area contributed by atoms with Crippen LogP contribution in [0.5, 0.6) is 5.75 Å². The van der Waals surface area contributed by atoms with Crippen LogP contribution in [0.15, 0.2) is 78.9 Å². The van der Waals surface area contributed by atoms with Crippen molar-refractivity contribution in [3.8, 4) is 16.9 Å². The molecule has 0 bridgehead atoms. The first-order chi connectivity index (χ1) is 14.9. The fourth-order valence-corrected chi connectivity index (χ4v) is 2.77. The van der Waals surface area contributed by atoms with Gasteiger partial charge in [-0.15, -0.1) is 0 Å². The Bertz CT molecular complexity index is 1050. The van der Waals surface area contributed by atoms with E-state index >= 15 is 0 Å². The Morgan fingerprint density at radius 2 is 1.45 bits per heavy atom. The maximum atomic E-state index is 12.3. The highest BCUT2D eigenvalue weighted by Gasteiger charge is 2.20. The Kier molecular flexibility index (Phi) is 7.01. The summed E-state index contributed by atoms with van der Waals surface area (Å²) in [6, 6.07) is 21.9. The van der Waals surface area contributed by atoms with Gasteiger partial charge in [0.15, 0.2) is 6.10 Å². The number of benzene rings is 3. The Morgan fingerprint density at radius 1 is 0.871 bits per heavy atom. The molecule has 0 aliphatic carbocycles. The third-order valence-corrected chi connectivity index (χ3v) is 4.51. The number of carbonyl (C=O) groups excluding carboxylic acids is 3. The van der Waals surface area contributed by atoms with Gasteiger partial charge < -0.3 is 15.2 Å². The maximum absolute atomic E-state index is 12.3. The lowest BCUT2D eigenvalue weighted by molar-refractivity contribution is -0.127. The zero-order chi connectivity index (χ0) is 22.2. The summed E-state index contributed by atoms with van der Waals surface area (Å²) >= 11 is 0. The maximum Gasteiger partial charge on any atom is 0.338 e. The number of phenolic OH excluding ortho intramolecular Hbond substituents is 1. The summed E-state index contributed by atoms with van der Waals surface area (Å²) in [5.74, 6) is -1.23. The van der Waals surface area contributed by atoms with Crippen molar-refractivity contribution < 1.29 is 24.2 Å². The molecule has 0 saturated heterocycles. The first-order valence-electron chi connectivity index (χ1n) is 9.65. The van der Waals surface area contributed by atoms with Gasteiger partial charge in [0.1, 0.15) is 5.75 Å². The fraction of sp³-hybridized carbons (Fsp3) is 0.125. The van der Waals surface area contributed by atoms with Gasteiger partial charge in [0.05, 0.1) is 5.56 Å². The number of hydrogen-bond acceptors (Lipinski definition) is 5. The Labute approximate surface area is 179 Å². The van der Waals surface area contributed by atoms with Gasteiger partial charge in [0.25, 0.3) is 5.91 Å². The number of rotatable bonds is 6. The van der Waals surface area contributed by atoms with Crippen LogP contribution >= 0.6 is 0 Å². The van der Waals surface area contributed by atoms with Crippen molar-refractivity contribution in [1.29, 1.82) is 0 Å². The summed E-state index contributed by atoms with van der Waals surface area (Å²) < 4.78 is 5.16. The number of carbonyl (C=O) groups is 3. The van der Waals surface area contributed by atoms with Crippen LogP contribution in [0, 0.1) is 0 Å². The predicted octanol–water partition coefficient (Wildman–Crippen LogP) is 3.63. The second-order valence-corrected chi connectivity index (χ2v) is 6.83. The van der Waals surface area contributed by atoms with Crippen molar-refractivity contribution in [3.05, 3.63) is 90.0 Å². The van der Waals surface area contributed by atoms with Gasteiger partial charge in [-0.05, 0) is 47.9 Å². The van der Waals surface area contributed by atoms with Crippen molar-refractivity contribution in [3.63, 3.8) is 0 Å². The van der Waals surface area contributed by atoms with E-state index in [9.17, 15) is 19.5 Å². The SMILES string of the molecule is C[C@@H](OC(=O)c1ccc(-c2ccc(O)cc2)cc1)C(=O)NC(=O)NCc1ccccc1. The van der Waals surface area contributed by atoms with E-state index in [1.165, 1.54) is 6.92 Å². The minimum Gasteiger partial charge on any atom is -0.508 e. The Morgan fingerprint density at radius 3 is 2.06 bits per heavy atom. The van der Waals surface area contributed by atoms with Gasteiger partial charge in [-0.3, -0.25) is 10.1 Å². The molecule has 0 aliphatic rings. The average molecular weight is 418 g/mol. The van der Waals surface area contributed by atoms with Crippen molar-refractivity contribution in [2.75, 3.05) is 0 Å². The van der Waals surface area contributed by atoms with E-state index in [0.29, 0.717) is 0 Å². The summed E-state index contributed by atoms with van der Waals surface area (Å²) in [4.78, 5) is 36.3. The van der Waals surface area contributed by atoms with Crippen LogP contribution in [0.2, 0.25) is 0 Å². The Hall–Kier alpha value is -4.13. The number of urea groups is 1. The van der Waals surface area contributed by atoms with Crippen molar-refractivity contribution in [1.82, 2.24) is 10.6 Å². The van der Waals surface area contributed by atoms with E-state index in [1.54, 1.807) is 48.5 Å². The largest absolute Gasteiger partial charge is 0.508 e. The first-order valence-corrected chi connectivity index (χ1v) is 9.65. The van der Waals surface area contributed by atoms with Crippen LogP contribution < -0.4 is 10.6 Å². The zero-order valence-corrected chi connectivity index (χ0v) is 16.9. The minimum atomic E-state index is -1.15. The quantitative estimate of drug-likeness (QED) is 0.530. The smallest absolute Gasteiger partial charge is 0.338 e. The molecule has 0 spiro atoms. The topological polar surface area (TPSA) is 105 Å². The van der Waals surface area contributed by atoms with Crippen LogP contribution in [-0.4, -0.2) is 29.1 Å². The number of imide groups is 1. The molecule has 3 N–H and O–H groups in total. The highest BCUT2D eigenvalue weighted by molar-refractivity contribution is 5.98. The summed E-state index contributed by atoms with van der Waals surface area (Å²) in [6.07, 6.45) is -1.15. The molecule has 0 heterocycles. The lowest BCUT2D eigenvalue weighted by Gasteiger charge is -2.13. The van der Waals surface area contributed by atoms with Gasteiger partial charge in [-0.25, -0.2) is 9.59 Å². The molecule has 7 heteroatoms. The molecule has 0 aromatic heterocycles. The van der Waals surface area contributed by atoms with E-state index in [0.717, 1.165) is 16.7 Å². The van der Waals surface area contributed by atoms with Gasteiger partial charge in [-0.2, -0.15) is 0 Å². The number of phenols is 1. The van der Waals surface area contributed by atoms with E-state index in [4.69, 9.17) is 4.74 Å². The standard InChI is InChI=1S/C24H22N2O5/c1-16(22(28)26-24(30)25-15-17-5-3-2-4-6-17)31-23(29)20-9-7-18(8-10-20)19-11-13-21(27)14-12-19/h2-14,16,27H,15H2,1H3,(H2,25,26,28,30)/t16-/m1/s1. The van der Waals surface area contributed by atoms with Gasteiger partial charge in [-0.1, -0.05) is 54.6 Å². The number of nitrogens with one attached hydrogen (secondary N) is 2. The molecule has 7 nitrogen and oxygen atoms in total. The monoisotopic (exact) mass is 418 g/mol. The van der Waals surface area contributed by atoms with E-state index < -0.39 is 24.0 Å². The summed E-state index contributed by atoms with van der Waals surface area (Å²) in [6.45, 7) is 1.66. The van der Waals surface area contributed by atoms with E-state index in [1.807, 2.05) is 30.3 Å². The van der Waals surface area contributed by atoms with Crippen LogP contribution in [0.1, 0.15) is 22.8 Å². The number of esters is 1. The number of ether oxygens (including phenoxy) is 1. The fourth-order valence-electron chi connectivity index (χ4n) is 2.77. The number of aromatic hydroxyl groups is 1. The van der Waals surface area contributed by atoms with Crippen LogP contribution in [0.3, 0.4) is 0 Å². The number of hydrogen-bond donors (Lipinski definition) is 3. The predicted molar refractivity (Wildman–Crippen MR) is 115 cm³/mol. The number of amides is 3. The van der Waals surface area contributed by atoms with Crippen molar-refractivity contribution in [2.45, 2.75) is 19.6 Å². The normalized spacial score (nSPS) is 11.3. The first kappa shape index (κ1) is 21.6. The lowest BCUT2D eigenvalue weighted by Crippen LogP contribution is -2.44. The van der Waals surface area contributed by atoms with Crippen LogP contribution in [0.25, 0.3) is 11.1 Å². The highest BCUT2D eigenvalue weighted by atomic mass is 16.5. The molecule has 3 rings (SSSR count). The van der Waals surface area contributed by atoms with Gasteiger partial charge in [0, 0.05) is 6.54 Å². The van der Waals surface area contributed by atoms with Crippen molar-refractivity contribution in [2.24, 2.45) is 0 Å². The molecule has 0 aliphatic heterocycles. The zero-order valence-electron chi connectivity index (χ0n) is 16.9. The Balaban J connectivity index is 1.50. The molecular formula is C24H22N2O5. The van der Waals surface area contributed by atoms with Crippen LogP contribution in [-0.2, 0) is 16.1 Å². The second-order valence-electron chi connectivity index (χ2n) is 6.83. The molecule has 0 fully saturated rings. The summed E-state index contributed by atoms with van der Waals surface area (Å²) in [5.41, 5.74) is 2.90. The molecule has 0 unspecified atom stereocenters. The van der Waals surface area contributed by atoms with E-state index in [2.05, 4.69) is 10.6 Å². The molecular weight excluding hydrogens is 396 g/mol. The highest BCUT2D eigenvalue weighted by Crippen LogP contribution is 2.22. The molecule has 3 amide bonds. The average Bonchev–Trinajstić information content (AvgIpc) is 2.79. The van der Waals surface area contributed by atoms with Crippen molar-refractivity contribution >= 4 is 17.9 Å². The molecule has 0 saturated carbocycles. The van der Waals surface area contributed by atoms with E-state index in [-0.39, 0.29) is 17.9 Å². The summed E-state index contributed by atoms with van der Waals surface area (Å²) in [5, 5.41) is 14.1. The molecule has 3 aromatic carbocycles. The third-order valence-electron chi connectivity index (χ3n) is 4.51. The van der Waals surface area contributed by atoms with Gasteiger partial charge in [0.2, 0.25) is 0 Å². The summed E-state index contributed by atoms with van der Waals surface area (Å²) in [7, 11) is 0. The minimum absolute atomic E-state index is 0.171. The molecule has 1 atom stereocenters. The molecule has 3 aromatic rings. The third kappa shape index (κ3) is 6.17.